The number of Topliss-reactive ketones (excluding diaryl/α,β-unsaturated/α-hetero) is 1. The van der Waals surface area contributed by atoms with Crippen LogP contribution in [0.1, 0.15) is 64.7 Å². The minimum atomic E-state index is 0.498. The van der Waals surface area contributed by atoms with Gasteiger partial charge >= 0.3 is 0 Å². The van der Waals surface area contributed by atoms with Gasteiger partial charge < -0.3 is 0 Å². The summed E-state index contributed by atoms with van der Waals surface area (Å²) in [5.74, 6) is 1.36. The van der Waals surface area contributed by atoms with Crippen molar-refractivity contribution in [1.82, 2.24) is 0 Å². The highest BCUT2D eigenvalue weighted by molar-refractivity contribution is 5.78. The lowest BCUT2D eigenvalue weighted by atomic mass is 9.94. The van der Waals surface area contributed by atoms with E-state index in [9.17, 15) is 4.79 Å². The van der Waals surface area contributed by atoms with Crippen molar-refractivity contribution in [1.29, 1.82) is 0 Å². The Morgan fingerprint density at radius 2 is 2.08 bits per heavy atom. The summed E-state index contributed by atoms with van der Waals surface area (Å²) < 4.78 is 0. The van der Waals surface area contributed by atoms with Crippen LogP contribution < -0.4 is 0 Å². The third kappa shape index (κ3) is 4.44. The third-order valence-electron chi connectivity index (χ3n) is 3.12. The molecule has 1 aliphatic rings. The first-order valence-corrected chi connectivity index (χ1v) is 5.84. The van der Waals surface area contributed by atoms with Gasteiger partial charge in [0.1, 0.15) is 5.78 Å². The zero-order valence-electron chi connectivity index (χ0n) is 8.85. The van der Waals surface area contributed by atoms with Crippen LogP contribution in [0.2, 0.25) is 0 Å². The molecule has 0 amide bonds. The highest BCUT2D eigenvalue weighted by Gasteiger charge is 2.15. The van der Waals surface area contributed by atoms with E-state index >= 15 is 0 Å². The number of hydrogen-bond acceptors (Lipinski definition) is 1. The predicted octanol–water partition coefficient (Wildman–Crippen LogP) is 3.72. The molecule has 13 heavy (non-hydrogen) atoms. The van der Waals surface area contributed by atoms with Crippen molar-refractivity contribution in [3.63, 3.8) is 0 Å². The van der Waals surface area contributed by atoms with Crippen LogP contribution in [0.3, 0.4) is 0 Å². The highest BCUT2D eigenvalue weighted by Crippen LogP contribution is 2.25. The van der Waals surface area contributed by atoms with E-state index in [-0.39, 0.29) is 0 Å². The molecule has 76 valence electrons. The van der Waals surface area contributed by atoms with Crippen molar-refractivity contribution < 1.29 is 4.79 Å². The van der Waals surface area contributed by atoms with E-state index < -0.39 is 0 Å². The van der Waals surface area contributed by atoms with Crippen LogP contribution in [0, 0.1) is 5.92 Å². The quantitative estimate of drug-likeness (QED) is 0.478. The summed E-state index contributed by atoms with van der Waals surface area (Å²) in [7, 11) is 0. The molecule has 1 fully saturated rings. The van der Waals surface area contributed by atoms with Crippen LogP contribution in [0.25, 0.3) is 0 Å². The summed E-state index contributed by atoms with van der Waals surface area (Å²) in [5, 5.41) is 0. The van der Waals surface area contributed by atoms with E-state index in [2.05, 4.69) is 6.92 Å². The Balaban J connectivity index is 2.14. The van der Waals surface area contributed by atoms with Gasteiger partial charge in [0.25, 0.3) is 0 Å². The monoisotopic (exact) mass is 182 g/mol. The fourth-order valence-electron chi connectivity index (χ4n) is 2.19. The van der Waals surface area contributed by atoms with Crippen LogP contribution in [0.5, 0.6) is 0 Å². The van der Waals surface area contributed by atoms with E-state index in [4.69, 9.17) is 0 Å². The number of carbonyl (C=O) groups excluding carboxylic acids is 1. The minimum absolute atomic E-state index is 0.498. The molecule has 0 spiro atoms. The number of rotatable bonds is 4. The lowest BCUT2D eigenvalue weighted by Gasteiger charge is -2.12. The van der Waals surface area contributed by atoms with Gasteiger partial charge in [-0.2, -0.15) is 0 Å². The molecule has 1 atom stereocenters. The second-order valence-corrected chi connectivity index (χ2v) is 4.33. The summed E-state index contributed by atoms with van der Waals surface area (Å²) in [6.45, 7) is 2.25. The van der Waals surface area contributed by atoms with Gasteiger partial charge in [-0.25, -0.2) is 0 Å². The first-order valence-electron chi connectivity index (χ1n) is 5.84. The lowest BCUT2D eigenvalue weighted by molar-refractivity contribution is -0.118. The average molecular weight is 182 g/mol. The molecule has 0 N–H and O–H groups in total. The summed E-state index contributed by atoms with van der Waals surface area (Å²) in [4.78, 5) is 11.2. The molecule has 1 unspecified atom stereocenters. The smallest absolute Gasteiger partial charge is 0.132 e. The molecule has 0 aromatic heterocycles. The fraction of sp³-hybridized carbons (Fsp3) is 0.917. The molecule has 1 saturated carbocycles. The first kappa shape index (κ1) is 10.7. The molecule has 1 heteroatoms. The number of carbonyl (C=O) groups is 1. The molecule has 0 aliphatic heterocycles. The Bertz CT molecular complexity index is 151. The van der Waals surface area contributed by atoms with E-state index in [1.165, 1.54) is 38.5 Å². The van der Waals surface area contributed by atoms with E-state index in [0.717, 1.165) is 25.2 Å². The maximum Gasteiger partial charge on any atom is 0.132 e. The predicted molar refractivity (Wildman–Crippen MR) is 55.7 cm³/mol. The van der Waals surface area contributed by atoms with E-state index in [0.29, 0.717) is 5.78 Å². The Hall–Kier alpha value is -0.330. The maximum absolute atomic E-state index is 11.2. The van der Waals surface area contributed by atoms with Crippen molar-refractivity contribution in [3.8, 4) is 0 Å². The van der Waals surface area contributed by atoms with Crippen molar-refractivity contribution in [2.24, 2.45) is 5.92 Å². The maximum atomic E-state index is 11.2. The average Bonchev–Trinajstić information content (AvgIpc) is 2.32. The number of ketones is 1. The lowest BCUT2D eigenvalue weighted by Crippen LogP contribution is -1.99. The second kappa shape index (κ2) is 6.17. The third-order valence-corrected chi connectivity index (χ3v) is 3.12. The standard InChI is InChI=1S/C12H22O/c1-2-3-4-6-11-7-5-8-12(13)10-9-11/h11H,2-10H2,1H3. The first-order chi connectivity index (χ1) is 6.33. The van der Waals surface area contributed by atoms with Gasteiger partial charge in [0.15, 0.2) is 0 Å². The zero-order valence-corrected chi connectivity index (χ0v) is 8.85. The normalized spacial score (nSPS) is 24.4. The number of unbranched alkanes of at least 4 members (excludes halogenated alkanes) is 2. The number of hydrogen-bond donors (Lipinski definition) is 0. The molecule has 1 nitrogen and oxygen atoms in total. The van der Waals surface area contributed by atoms with E-state index in [1.807, 2.05) is 0 Å². The molecular weight excluding hydrogens is 160 g/mol. The molecule has 0 heterocycles. The Morgan fingerprint density at radius 3 is 2.85 bits per heavy atom. The summed E-state index contributed by atoms with van der Waals surface area (Å²) in [6.07, 6.45) is 10.7. The molecule has 1 aliphatic carbocycles. The Labute approximate surface area is 81.9 Å². The van der Waals surface area contributed by atoms with Crippen LogP contribution in [-0.4, -0.2) is 5.78 Å². The Kier molecular flexibility index (Phi) is 5.10. The van der Waals surface area contributed by atoms with Crippen molar-refractivity contribution in [2.75, 3.05) is 0 Å². The largest absolute Gasteiger partial charge is 0.300 e. The van der Waals surface area contributed by atoms with Gasteiger partial charge in [-0.15, -0.1) is 0 Å². The highest BCUT2D eigenvalue weighted by atomic mass is 16.1. The van der Waals surface area contributed by atoms with Gasteiger partial charge in [-0.3, -0.25) is 4.79 Å². The minimum Gasteiger partial charge on any atom is -0.300 e. The Morgan fingerprint density at radius 1 is 1.23 bits per heavy atom. The summed E-state index contributed by atoms with van der Waals surface area (Å²) >= 11 is 0. The summed E-state index contributed by atoms with van der Waals surface area (Å²) in [6, 6.07) is 0. The second-order valence-electron chi connectivity index (χ2n) is 4.33. The van der Waals surface area contributed by atoms with Gasteiger partial charge in [0.05, 0.1) is 0 Å². The van der Waals surface area contributed by atoms with Crippen LogP contribution in [-0.2, 0) is 4.79 Å². The van der Waals surface area contributed by atoms with Crippen molar-refractivity contribution >= 4 is 5.78 Å². The molecule has 0 saturated heterocycles. The molecule has 0 aromatic carbocycles. The van der Waals surface area contributed by atoms with Gasteiger partial charge in [0, 0.05) is 12.8 Å². The fourth-order valence-corrected chi connectivity index (χ4v) is 2.19. The SMILES string of the molecule is CCCCCC1CCCC(=O)CC1. The molecular formula is C12H22O. The zero-order chi connectivity index (χ0) is 9.52. The van der Waals surface area contributed by atoms with Gasteiger partial charge in [0.2, 0.25) is 0 Å². The molecule has 0 bridgehead atoms. The van der Waals surface area contributed by atoms with Gasteiger partial charge in [-0.05, 0) is 18.8 Å². The van der Waals surface area contributed by atoms with Crippen LogP contribution >= 0.6 is 0 Å². The van der Waals surface area contributed by atoms with Crippen LogP contribution in [0.15, 0.2) is 0 Å². The molecule has 0 aromatic rings. The summed E-state index contributed by atoms with van der Waals surface area (Å²) in [5.41, 5.74) is 0. The van der Waals surface area contributed by atoms with Crippen molar-refractivity contribution in [2.45, 2.75) is 64.7 Å². The van der Waals surface area contributed by atoms with E-state index in [1.54, 1.807) is 0 Å². The molecule has 1 rings (SSSR count). The van der Waals surface area contributed by atoms with Gasteiger partial charge in [-0.1, -0.05) is 39.0 Å². The van der Waals surface area contributed by atoms with Crippen molar-refractivity contribution in [3.05, 3.63) is 0 Å². The molecule has 0 radical (unpaired) electrons. The topological polar surface area (TPSA) is 17.1 Å². The van der Waals surface area contributed by atoms with Crippen LogP contribution in [0.4, 0.5) is 0 Å².